The minimum atomic E-state index is -0.630. The lowest BCUT2D eigenvalue weighted by atomic mass is 9.89. The third-order valence-electron chi connectivity index (χ3n) is 4.35. The predicted molar refractivity (Wildman–Crippen MR) is 79.9 cm³/mol. The van der Waals surface area contributed by atoms with E-state index in [0.717, 1.165) is 34.8 Å². The van der Waals surface area contributed by atoms with Crippen molar-refractivity contribution in [2.75, 3.05) is 0 Å². The van der Waals surface area contributed by atoms with Gasteiger partial charge in [0.2, 0.25) is 0 Å². The van der Waals surface area contributed by atoms with Gasteiger partial charge >= 0.3 is 5.97 Å². The van der Waals surface area contributed by atoms with E-state index in [0.29, 0.717) is 6.04 Å². The Morgan fingerprint density at radius 1 is 1.32 bits per heavy atom. The average Bonchev–Trinajstić information content (AvgIpc) is 2.91. The summed E-state index contributed by atoms with van der Waals surface area (Å²) < 4.78 is 2.09. The molecule has 3 nitrogen and oxygen atoms in total. The topological polar surface area (TPSA) is 40.5 Å². The summed E-state index contributed by atoms with van der Waals surface area (Å²) in [6, 6.07) is 6.92. The number of halogens is 2. The first-order valence-corrected chi connectivity index (χ1v) is 8.07. The van der Waals surface area contributed by atoms with Crippen LogP contribution in [0.3, 0.4) is 0 Å². The molecular formula is C14H15Br2NO2. The molecule has 0 aliphatic carbocycles. The summed E-state index contributed by atoms with van der Waals surface area (Å²) in [5.74, 6) is -0.799. The van der Waals surface area contributed by atoms with Crippen LogP contribution in [0.2, 0.25) is 0 Å². The van der Waals surface area contributed by atoms with E-state index in [9.17, 15) is 9.90 Å². The van der Waals surface area contributed by atoms with Gasteiger partial charge in [-0.1, -0.05) is 6.07 Å². The molecule has 0 amide bonds. The van der Waals surface area contributed by atoms with E-state index in [1.165, 1.54) is 5.56 Å². The Balaban J connectivity index is 1.77. The molecule has 0 radical (unpaired) electrons. The maximum Gasteiger partial charge on any atom is 0.308 e. The number of rotatable bonds is 3. The second-order valence-electron chi connectivity index (χ2n) is 5.40. The van der Waals surface area contributed by atoms with Crippen LogP contribution in [0.1, 0.15) is 24.8 Å². The van der Waals surface area contributed by atoms with E-state index in [4.69, 9.17) is 0 Å². The molecule has 2 aliphatic rings. The summed E-state index contributed by atoms with van der Waals surface area (Å²) in [6.07, 6.45) is 2.99. The van der Waals surface area contributed by atoms with E-state index in [1.54, 1.807) is 0 Å². The lowest BCUT2D eigenvalue weighted by Gasteiger charge is -2.23. The first kappa shape index (κ1) is 13.6. The molecule has 0 spiro atoms. The molecule has 2 aliphatic heterocycles. The molecule has 0 aromatic heterocycles. The van der Waals surface area contributed by atoms with Crippen molar-refractivity contribution in [1.29, 1.82) is 0 Å². The van der Waals surface area contributed by atoms with Gasteiger partial charge in [0.15, 0.2) is 0 Å². The van der Waals surface area contributed by atoms with Crippen LogP contribution in [0.4, 0.5) is 0 Å². The molecule has 3 atom stereocenters. The Bertz CT molecular complexity index is 520. The minimum Gasteiger partial charge on any atom is -0.481 e. The number of carboxylic acids is 1. The Labute approximate surface area is 129 Å². The van der Waals surface area contributed by atoms with Gasteiger partial charge in [0.25, 0.3) is 0 Å². The predicted octanol–water partition coefficient (Wildman–Crippen LogP) is 3.65. The highest BCUT2D eigenvalue weighted by molar-refractivity contribution is 9.13. The maximum atomic E-state index is 11.2. The molecule has 5 heteroatoms. The van der Waals surface area contributed by atoms with Crippen molar-refractivity contribution in [1.82, 2.24) is 4.90 Å². The zero-order valence-electron chi connectivity index (χ0n) is 10.4. The van der Waals surface area contributed by atoms with Gasteiger partial charge in [-0.3, -0.25) is 9.69 Å². The third kappa shape index (κ3) is 2.48. The first-order chi connectivity index (χ1) is 9.06. The zero-order chi connectivity index (χ0) is 13.6. The van der Waals surface area contributed by atoms with Crippen LogP contribution in [0.25, 0.3) is 0 Å². The quantitative estimate of drug-likeness (QED) is 0.859. The molecule has 2 heterocycles. The summed E-state index contributed by atoms with van der Waals surface area (Å²) in [6.45, 7) is 0.852. The summed E-state index contributed by atoms with van der Waals surface area (Å²) in [5, 5.41) is 9.26. The van der Waals surface area contributed by atoms with Crippen LogP contribution in [0.15, 0.2) is 27.1 Å². The Hall–Kier alpha value is -0.390. The lowest BCUT2D eigenvalue weighted by molar-refractivity contribution is -0.142. The Kier molecular flexibility index (Phi) is 3.71. The van der Waals surface area contributed by atoms with Crippen LogP contribution < -0.4 is 0 Å². The zero-order valence-corrected chi connectivity index (χ0v) is 13.5. The molecular weight excluding hydrogens is 374 g/mol. The largest absolute Gasteiger partial charge is 0.481 e. The Morgan fingerprint density at radius 2 is 2.11 bits per heavy atom. The number of hydrogen-bond donors (Lipinski definition) is 1. The number of carboxylic acid groups (broad SMARTS) is 1. The van der Waals surface area contributed by atoms with Crippen LogP contribution in [-0.4, -0.2) is 28.1 Å². The fourth-order valence-corrected chi connectivity index (χ4v) is 4.13. The molecule has 2 saturated heterocycles. The average molecular weight is 389 g/mol. The molecule has 2 bridgehead atoms. The van der Waals surface area contributed by atoms with E-state index < -0.39 is 5.97 Å². The molecule has 102 valence electrons. The molecule has 1 aromatic carbocycles. The van der Waals surface area contributed by atoms with Crippen molar-refractivity contribution < 1.29 is 9.90 Å². The van der Waals surface area contributed by atoms with E-state index in [1.807, 2.05) is 6.07 Å². The molecule has 3 unspecified atom stereocenters. The Morgan fingerprint density at radius 3 is 2.74 bits per heavy atom. The molecule has 3 rings (SSSR count). The molecule has 0 saturated carbocycles. The summed E-state index contributed by atoms with van der Waals surface area (Å²) in [7, 11) is 0. The summed E-state index contributed by atoms with van der Waals surface area (Å²) >= 11 is 6.99. The number of hydrogen-bond acceptors (Lipinski definition) is 2. The van der Waals surface area contributed by atoms with E-state index in [-0.39, 0.29) is 12.0 Å². The fourth-order valence-electron chi connectivity index (χ4n) is 3.46. The number of benzene rings is 1. The second-order valence-corrected chi connectivity index (χ2v) is 7.11. The standard InChI is InChI=1S/C14H15Br2NO2/c15-11-3-1-8(5-12(11)16)7-17-9-2-4-13(17)10(6-9)14(18)19/h1,3,5,9-10,13H,2,4,6-7H2,(H,18,19). The van der Waals surface area contributed by atoms with E-state index >= 15 is 0 Å². The molecule has 1 N–H and O–H groups in total. The molecule has 1 aromatic rings. The first-order valence-electron chi connectivity index (χ1n) is 6.48. The smallest absolute Gasteiger partial charge is 0.308 e. The minimum absolute atomic E-state index is 0.169. The van der Waals surface area contributed by atoms with Gasteiger partial charge in [0.05, 0.1) is 5.92 Å². The monoisotopic (exact) mass is 387 g/mol. The number of nitrogens with zero attached hydrogens (tertiary/aromatic N) is 1. The van der Waals surface area contributed by atoms with Gasteiger partial charge in [-0.25, -0.2) is 0 Å². The summed E-state index contributed by atoms with van der Waals surface area (Å²) in [5.41, 5.74) is 1.23. The third-order valence-corrected chi connectivity index (χ3v) is 6.23. The summed E-state index contributed by atoms with van der Waals surface area (Å²) in [4.78, 5) is 13.6. The highest BCUT2D eigenvalue weighted by Crippen LogP contribution is 2.42. The van der Waals surface area contributed by atoms with Gasteiger partial charge in [0, 0.05) is 27.6 Å². The second kappa shape index (κ2) is 5.19. The molecule has 19 heavy (non-hydrogen) atoms. The molecule has 2 fully saturated rings. The van der Waals surface area contributed by atoms with Crippen molar-refractivity contribution in [2.24, 2.45) is 5.92 Å². The maximum absolute atomic E-state index is 11.2. The van der Waals surface area contributed by atoms with Crippen molar-refractivity contribution in [3.05, 3.63) is 32.7 Å². The van der Waals surface area contributed by atoms with Crippen LogP contribution in [-0.2, 0) is 11.3 Å². The van der Waals surface area contributed by atoms with Crippen LogP contribution in [0.5, 0.6) is 0 Å². The van der Waals surface area contributed by atoms with Gasteiger partial charge in [0.1, 0.15) is 0 Å². The van der Waals surface area contributed by atoms with Crippen molar-refractivity contribution >= 4 is 37.8 Å². The van der Waals surface area contributed by atoms with Crippen molar-refractivity contribution in [3.8, 4) is 0 Å². The number of fused-ring (bicyclic) bond motifs is 2. The van der Waals surface area contributed by atoms with E-state index in [2.05, 4.69) is 48.9 Å². The number of aliphatic carboxylic acids is 1. The number of carbonyl (C=O) groups is 1. The normalized spacial score (nSPS) is 29.9. The van der Waals surface area contributed by atoms with Crippen LogP contribution >= 0.6 is 31.9 Å². The SMILES string of the molecule is O=C(O)C1CC2CCC1N2Cc1ccc(Br)c(Br)c1. The van der Waals surface area contributed by atoms with Crippen molar-refractivity contribution in [2.45, 2.75) is 37.9 Å². The van der Waals surface area contributed by atoms with Gasteiger partial charge in [-0.15, -0.1) is 0 Å². The fraction of sp³-hybridized carbons (Fsp3) is 0.500. The highest BCUT2D eigenvalue weighted by Gasteiger charge is 2.48. The van der Waals surface area contributed by atoms with Crippen LogP contribution in [0, 0.1) is 5.92 Å². The van der Waals surface area contributed by atoms with Crippen molar-refractivity contribution in [3.63, 3.8) is 0 Å². The van der Waals surface area contributed by atoms with Gasteiger partial charge in [-0.2, -0.15) is 0 Å². The lowest BCUT2D eigenvalue weighted by Crippen LogP contribution is -2.32. The highest BCUT2D eigenvalue weighted by atomic mass is 79.9. The van der Waals surface area contributed by atoms with Gasteiger partial charge < -0.3 is 5.11 Å². The van der Waals surface area contributed by atoms with Gasteiger partial charge in [-0.05, 0) is 68.8 Å².